The second-order valence-corrected chi connectivity index (χ2v) is 6.28. The molecule has 0 aromatic heterocycles. The van der Waals surface area contributed by atoms with Crippen LogP contribution in [0.3, 0.4) is 0 Å². The topological polar surface area (TPSA) is 30.8 Å². The van der Waals surface area contributed by atoms with Crippen molar-refractivity contribution in [3.8, 4) is 0 Å². The minimum absolute atomic E-state index is 0.0522. The molecule has 1 aliphatic heterocycles. The summed E-state index contributed by atoms with van der Waals surface area (Å²) in [6.45, 7) is 5.54. The lowest BCUT2D eigenvalue weighted by Gasteiger charge is -2.29. The molecule has 0 amide bonds. The van der Waals surface area contributed by atoms with Crippen LogP contribution in [0.25, 0.3) is 0 Å². The van der Waals surface area contributed by atoms with Crippen molar-refractivity contribution in [1.82, 2.24) is 0 Å². The summed E-state index contributed by atoms with van der Waals surface area (Å²) >= 11 is 0. The van der Waals surface area contributed by atoms with Gasteiger partial charge in [0.05, 0.1) is 11.5 Å². The van der Waals surface area contributed by atoms with Crippen LogP contribution in [-0.4, -0.2) is 30.8 Å². The molecule has 0 N–H and O–H groups in total. The van der Waals surface area contributed by atoms with Crippen LogP contribution in [0.5, 0.6) is 0 Å². The van der Waals surface area contributed by atoms with Crippen LogP contribution in [0.15, 0.2) is 4.99 Å². The first-order valence-corrected chi connectivity index (χ1v) is 7.92. The van der Waals surface area contributed by atoms with Gasteiger partial charge in [0.2, 0.25) is 0 Å². The zero-order valence-electron chi connectivity index (χ0n) is 13.3. The zero-order valence-corrected chi connectivity index (χ0v) is 13.3. The molecule has 1 atom stereocenters. The number of hydrogen-bond acceptors (Lipinski definition) is 3. The fraction of sp³-hybridized carbons (Fsp3) is 0.421. The Morgan fingerprint density at radius 2 is 1.82 bits per heavy atom. The Morgan fingerprint density at radius 3 is 2.55 bits per heavy atom. The van der Waals surface area contributed by atoms with Crippen molar-refractivity contribution in [3.63, 3.8) is 0 Å². The molecule has 22 heavy (non-hydrogen) atoms. The molecular weight excluding hydrogens is 274 g/mol. The van der Waals surface area contributed by atoms with E-state index in [-0.39, 0.29) is 11.6 Å². The fourth-order valence-electron chi connectivity index (χ4n) is 2.69. The molecule has 3 nitrogen and oxygen atoms in total. The van der Waals surface area contributed by atoms with Crippen molar-refractivity contribution in [2.45, 2.75) is 38.3 Å². The molecule has 2 saturated carbocycles. The monoisotopic (exact) mass is 297 g/mol. The van der Waals surface area contributed by atoms with Crippen LogP contribution >= 0.6 is 0 Å². The van der Waals surface area contributed by atoms with Crippen molar-refractivity contribution >= 4 is 5.90 Å². The highest BCUT2D eigenvalue weighted by atomic mass is 16.5. The van der Waals surface area contributed by atoms with Crippen molar-refractivity contribution in [2.24, 2.45) is 4.99 Å². The average Bonchev–Trinajstić information content (AvgIpc) is 3.25. The predicted molar refractivity (Wildman–Crippen MR) is 87.3 cm³/mol. The smallest absolute Gasteiger partial charge is 0.191 e. The van der Waals surface area contributed by atoms with E-state index in [2.05, 4.69) is 39.5 Å². The molecule has 3 heteroatoms. The number of aliphatic imine (C=N–C) groups is 1. The first-order valence-electron chi connectivity index (χ1n) is 7.92. The second kappa shape index (κ2) is 7.33. The summed E-state index contributed by atoms with van der Waals surface area (Å²) in [7, 11) is 0. The van der Waals surface area contributed by atoms with E-state index in [0.29, 0.717) is 6.61 Å². The Labute approximate surface area is 135 Å². The Morgan fingerprint density at radius 1 is 1.14 bits per heavy atom. The minimum Gasteiger partial charge on any atom is -0.478 e. The van der Waals surface area contributed by atoms with Crippen LogP contribution in [0.4, 0.5) is 0 Å². The van der Waals surface area contributed by atoms with Crippen LogP contribution in [0, 0.1) is 63.2 Å². The van der Waals surface area contributed by atoms with Gasteiger partial charge in [0.1, 0.15) is 12.6 Å². The van der Waals surface area contributed by atoms with Crippen LogP contribution in [0.1, 0.15) is 26.7 Å². The first kappa shape index (κ1) is 16.3. The number of nitrogens with zero attached hydrogens (tertiary/aromatic N) is 1. The first-order chi connectivity index (χ1) is 10.6. The SMILES string of the molecule is CC(C)(OCCC[C]1[CH][CH][CH][CH]1)[C@@H]1COC([C]2[CH][CH][CH][CH]2)=N1. The summed E-state index contributed by atoms with van der Waals surface area (Å²) in [5, 5.41) is 0. The third-order valence-corrected chi connectivity index (χ3v) is 4.18. The van der Waals surface area contributed by atoms with E-state index in [4.69, 9.17) is 14.5 Å². The molecule has 3 aliphatic rings. The Bertz CT molecular complexity index is 379. The Hall–Kier alpha value is -0.570. The van der Waals surface area contributed by atoms with Crippen molar-refractivity contribution in [2.75, 3.05) is 13.2 Å². The van der Waals surface area contributed by atoms with Crippen LogP contribution in [-0.2, 0) is 9.47 Å². The molecule has 0 unspecified atom stereocenters. The van der Waals surface area contributed by atoms with E-state index < -0.39 is 0 Å². The summed E-state index contributed by atoms with van der Waals surface area (Å²) in [4.78, 5) is 4.70. The van der Waals surface area contributed by atoms with Gasteiger partial charge in [-0.25, -0.2) is 4.99 Å². The van der Waals surface area contributed by atoms with Crippen molar-refractivity contribution < 1.29 is 9.47 Å². The van der Waals surface area contributed by atoms with Gasteiger partial charge < -0.3 is 9.47 Å². The maximum Gasteiger partial charge on any atom is 0.191 e. The largest absolute Gasteiger partial charge is 0.478 e. The molecule has 10 radical (unpaired) electrons. The molecule has 1 heterocycles. The molecule has 0 saturated heterocycles. The van der Waals surface area contributed by atoms with E-state index in [0.717, 1.165) is 31.3 Å². The summed E-state index contributed by atoms with van der Waals surface area (Å²) < 4.78 is 11.8. The van der Waals surface area contributed by atoms with E-state index in [1.807, 2.05) is 25.7 Å². The summed E-state index contributed by atoms with van der Waals surface area (Å²) in [5.74, 6) is 3.17. The standard InChI is InChI=1S/C19H23NO2/c1-19(2,22-13-7-10-15-8-3-4-9-15)17-14-21-18(20-17)16-11-5-6-12-16/h3-6,8-9,11-12,17H,7,10,13-14H2,1-2H3/t17-/m0/s1. The molecule has 0 bridgehead atoms. The summed E-state index contributed by atoms with van der Waals surface area (Å²) in [6.07, 6.45) is 18.6. The molecule has 0 aromatic carbocycles. The van der Waals surface area contributed by atoms with Gasteiger partial charge in [-0.05, 0) is 84.0 Å². The van der Waals surface area contributed by atoms with Gasteiger partial charge in [0.25, 0.3) is 0 Å². The van der Waals surface area contributed by atoms with Gasteiger partial charge in [0, 0.05) is 6.61 Å². The Kier molecular flexibility index (Phi) is 5.43. The molecular formula is C19H23NO2. The second-order valence-electron chi connectivity index (χ2n) is 6.28. The van der Waals surface area contributed by atoms with Gasteiger partial charge in [-0.3, -0.25) is 0 Å². The third kappa shape index (κ3) is 4.04. The maximum absolute atomic E-state index is 6.09. The lowest BCUT2D eigenvalue weighted by Crippen LogP contribution is -2.39. The van der Waals surface area contributed by atoms with Crippen LogP contribution in [0.2, 0.25) is 0 Å². The maximum atomic E-state index is 6.09. The van der Waals surface area contributed by atoms with Crippen molar-refractivity contribution in [1.29, 1.82) is 0 Å². The van der Waals surface area contributed by atoms with E-state index in [1.165, 1.54) is 5.92 Å². The Balaban J connectivity index is 1.41. The number of hydrogen-bond donors (Lipinski definition) is 0. The highest BCUT2D eigenvalue weighted by molar-refractivity contribution is 5.96. The van der Waals surface area contributed by atoms with Crippen LogP contribution < -0.4 is 0 Å². The third-order valence-electron chi connectivity index (χ3n) is 4.18. The van der Waals surface area contributed by atoms with Gasteiger partial charge in [-0.15, -0.1) is 0 Å². The number of rotatable bonds is 7. The minimum atomic E-state index is -0.305. The van der Waals surface area contributed by atoms with Crippen molar-refractivity contribution in [3.05, 3.63) is 63.2 Å². The quantitative estimate of drug-likeness (QED) is 0.676. The van der Waals surface area contributed by atoms with Gasteiger partial charge >= 0.3 is 0 Å². The summed E-state index contributed by atoms with van der Waals surface area (Å²) in [5.41, 5.74) is -0.305. The molecule has 3 rings (SSSR count). The predicted octanol–water partition coefficient (Wildman–Crippen LogP) is 3.17. The van der Waals surface area contributed by atoms with Gasteiger partial charge in [0.15, 0.2) is 5.90 Å². The average molecular weight is 297 g/mol. The number of ether oxygens (including phenoxy) is 2. The van der Waals surface area contributed by atoms with E-state index >= 15 is 0 Å². The zero-order chi connectivity index (χ0) is 15.4. The molecule has 0 spiro atoms. The van der Waals surface area contributed by atoms with E-state index in [9.17, 15) is 0 Å². The lowest BCUT2D eigenvalue weighted by molar-refractivity contribution is -0.0401. The highest BCUT2D eigenvalue weighted by Crippen LogP contribution is 2.31. The molecule has 0 aromatic rings. The highest BCUT2D eigenvalue weighted by Gasteiger charge is 2.38. The summed E-state index contributed by atoms with van der Waals surface area (Å²) in [6, 6.07) is 0.0522. The van der Waals surface area contributed by atoms with Gasteiger partial charge in [-0.2, -0.15) is 0 Å². The lowest BCUT2D eigenvalue weighted by atomic mass is 9.99. The van der Waals surface area contributed by atoms with Gasteiger partial charge in [-0.1, -0.05) is 0 Å². The normalized spacial score (nSPS) is 27.4. The fourth-order valence-corrected chi connectivity index (χ4v) is 2.69. The molecule has 2 aliphatic carbocycles. The van der Waals surface area contributed by atoms with E-state index in [1.54, 1.807) is 0 Å². The molecule has 2 fully saturated rings. The molecule has 116 valence electrons.